The monoisotopic (exact) mass is 463 g/mol. The molecule has 0 fully saturated rings. The molecule has 4 rings (SSSR count). The third kappa shape index (κ3) is 4.58. The first-order chi connectivity index (χ1) is 17.2. The molecule has 0 aliphatic rings. The lowest BCUT2D eigenvalue weighted by molar-refractivity contribution is -0.255. The predicted octanol–water partition coefficient (Wildman–Crippen LogP) is 4.19. The van der Waals surface area contributed by atoms with Gasteiger partial charge < -0.3 is 14.9 Å². The summed E-state index contributed by atoms with van der Waals surface area (Å²) in [6, 6.07) is 3.41. The Morgan fingerprint density at radius 2 is 2.12 bits per heavy atom. The van der Waals surface area contributed by atoms with Gasteiger partial charge in [0.15, 0.2) is 5.60 Å². The van der Waals surface area contributed by atoms with E-state index in [1.807, 2.05) is 0 Å². The van der Waals surface area contributed by atoms with E-state index in [9.17, 15) is 23.1 Å². The van der Waals surface area contributed by atoms with E-state index in [1.165, 1.54) is 6.07 Å². The number of aromatic nitrogens is 4. The van der Waals surface area contributed by atoms with Crippen LogP contribution in [0.5, 0.6) is 0 Å². The first-order valence-electron chi connectivity index (χ1n) is 11.7. The van der Waals surface area contributed by atoms with Gasteiger partial charge in [0, 0.05) is 23.8 Å². The molecule has 1 amide bonds. The highest BCUT2D eigenvalue weighted by molar-refractivity contribution is 6.04. The van der Waals surface area contributed by atoms with Crippen molar-refractivity contribution in [1.29, 1.82) is 0 Å². The number of nitrogens with one attached hydrogen (secondary N) is 1. The molecule has 2 N–H and O–H groups in total. The van der Waals surface area contributed by atoms with Gasteiger partial charge in [-0.15, -0.1) is 0 Å². The Bertz CT molecular complexity index is 1520. The van der Waals surface area contributed by atoms with E-state index in [4.69, 9.17) is 10.0 Å². The zero-order chi connectivity index (χ0) is 27.3. The molecule has 1 atom stereocenters. The Balaban J connectivity index is 1.58. The number of nitrogens with zero attached hydrogens (tertiary/aromatic N) is 4. The Kier molecular flexibility index (Phi) is 4.48. The van der Waals surface area contributed by atoms with Gasteiger partial charge in [-0.05, 0) is 44.0 Å². The fraction of sp³-hybridized carbons (Fsp3) is 0.273. The first-order valence-corrected chi connectivity index (χ1v) is 9.69. The molecule has 8 nitrogen and oxygen atoms in total. The molecule has 0 aliphatic carbocycles. The van der Waals surface area contributed by atoms with Crippen molar-refractivity contribution in [3.05, 3.63) is 65.8 Å². The van der Waals surface area contributed by atoms with Crippen molar-refractivity contribution in [2.75, 3.05) is 5.32 Å². The molecule has 33 heavy (non-hydrogen) atoms. The smallest absolute Gasteiger partial charge is 0.381 e. The van der Waals surface area contributed by atoms with Gasteiger partial charge in [0.2, 0.25) is 11.7 Å². The molecule has 0 radical (unpaired) electrons. The molecule has 172 valence electrons. The fourth-order valence-electron chi connectivity index (χ4n) is 2.93. The minimum Gasteiger partial charge on any atom is -0.381 e. The summed E-state index contributed by atoms with van der Waals surface area (Å²) in [5, 5.41) is 16.0. The fourth-order valence-corrected chi connectivity index (χ4v) is 2.93. The van der Waals surface area contributed by atoms with Crippen LogP contribution in [0.25, 0.3) is 17.0 Å². The quantitative estimate of drug-likeness (QED) is 0.444. The van der Waals surface area contributed by atoms with Gasteiger partial charge in [0.25, 0.3) is 5.91 Å². The number of hydrogen-bond acceptors (Lipinski definition) is 6. The third-order valence-corrected chi connectivity index (χ3v) is 5.05. The minimum atomic E-state index is -4.81. The average Bonchev–Trinajstić information content (AvgIpc) is 3.48. The number of imidazole rings is 1. The summed E-state index contributed by atoms with van der Waals surface area (Å²) in [5.41, 5.74) is -1.79. The summed E-state index contributed by atoms with van der Waals surface area (Å²) in [4.78, 5) is 21.1. The average molecular weight is 463 g/mol. The van der Waals surface area contributed by atoms with Crippen LogP contribution in [-0.2, 0) is 6.42 Å². The molecular formula is C22H20F3N5O3. The number of rotatable bonds is 6. The van der Waals surface area contributed by atoms with Crippen LogP contribution in [0.2, 0.25) is 0 Å². The zero-order valence-corrected chi connectivity index (χ0v) is 17.4. The Labute approximate surface area is 191 Å². The molecule has 0 saturated carbocycles. The van der Waals surface area contributed by atoms with Crippen LogP contribution in [0.15, 0.2) is 53.2 Å². The zero-order valence-electron chi connectivity index (χ0n) is 21.4. The molecule has 4 aromatic rings. The third-order valence-electron chi connectivity index (χ3n) is 5.05. The van der Waals surface area contributed by atoms with Gasteiger partial charge >= 0.3 is 6.18 Å². The number of carbonyl (C=O) groups excluding carboxylic acids is 1. The lowest BCUT2D eigenvalue weighted by Gasteiger charge is -2.25. The van der Waals surface area contributed by atoms with Crippen molar-refractivity contribution in [2.24, 2.45) is 0 Å². The van der Waals surface area contributed by atoms with Crippen molar-refractivity contribution in [1.82, 2.24) is 19.5 Å². The second-order valence-electron chi connectivity index (χ2n) is 7.56. The van der Waals surface area contributed by atoms with Crippen molar-refractivity contribution >= 4 is 17.2 Å². The number of pyridine rings is 1. The maximum atomic E-state index is 13.0. The van der Waals surface area contributed by atoms with Gasteiger partial charge in [-0.1, -0.05) is 23.3 Å². The molecule has 3 aromatic heterocycles. The largest absolute Gasteiger partial charge is 0.416 e. The molecule has 3 heterocycles. The van der Waals surface area contributed by atoms with Gasteiger partial charge in [0.1, 0.15) is 11.3 Å². The summed E-state index contributed by atoms with van der Waals surface area (Å²) >= 11 is 0. The van der Waals surface area contributed by atoms with E-state index < -0.39 is 42.4 Å². The highest BCUT2D eigenvalue weighted by Crippen LogP contribution is 2.33. The summed E-state index contributed by atoms with van der Waals surface area (Å²) in [6.07, 6.45) is -5.12. The summed E-state index contributed by atoms with van der Waals surface area (Å²) in [5.74, 6) is -0.743. The van der Waals surface area contributed by atoms with Gasteiger partial charge in [-0.25, -0.2) is 4.98 Å². The number of amides is 1. The number of carbonyl (C=O) groups is 1. The van der Waals surface area contributed by atoms with Gasteiger partial charge in [0.05, 0.1) is 11.7 Å². The molecular weight excluding hydrogens is 439 g/mol. The highest BCUT2D eigenvalue weighted by atomic mass is 19.4. The number of halogens is 3. The van der Waals surface area contributed by atoms with Crippen molar-refractivity contribution in [2.45, 2.75) is 38.5 Å². The van der Waals surface area contributed by atoms with Crippen LogP contribution in [0.4, 0.5) is 18.9 Å². The Morgan fingerprint density at radius 1 is 1.33 bits per heavy atom. The minimum absolute atomic E-state index is 0.0565. The van der Waals surface area contributed by atoms with Crippen LogP contribution < -0.4 is 5.32 Å². The Morgan fingerprint density at radius 3 is 2.88 bits per heavy atom. The molecule has 0 aliphatic heterocycles. The summed E-state index contributed by atoms with van der Waals surface area (Å²) in [7, 11) is 0. The van der Waals surface area contributed by atoms with Gasteiger partial charge in [-0.3, -0.25) is 9.20 Å². The van der Waals surface area contributed by atoms with Crippen molar-refractivity contribution < 1.29 is 33.1 Å². The normalized spacial score (nSPS) is 15.5. The molecule has 11 heteroatoms. The van der Waals surface area contributed by atoms with E-state index in [-0.39, 0.29) is 35.5 Å². The Hall–Kier alpha value is -3.73. The van der Waals surface area contributed by atoms with E-state index in [2.05, 4.69) is 20.4 Å². The SMILES string of the molecule is [2H]c1c([2H])c([2H])n2c(C(=O)Nc3cc(-c4noc(CCC(C)(O)C(F)(F)F)n4)ccc3C)cnc2c1[2H]. The first kappa shape index (κ1) is 17.8. The number of alkyl halides is 3. The standard InChI is InChI=1S/C22H20F3N5O3/c1-13-6-7-14(19-28-18(33-29-19)8-9-21(2,32)22(23,24)25)11-15(13)27-20(31)16-12-26-17-5-3-4-10-30(16)17/h3-7,10-12,32H,8-9H2,1-2H3,(H,27,31)/i3D,4D,5D,10D. The number of aliphatic hydroxyl groups is 1. The molecule has 0 spiro atoms. The maximum Gasteiger partial charge on any atom is 0.416 e. The van der Waals surface area contributed by atoms with Crippen molar-refractivity contribution in [3.63, 3.8) is 0 Å². The predicted molar refractivity (Wildman–Crippen MR) is 113 cm³/mol. The maximum absolute atomic E-state index is 13.0. The van der Waals surface area contributed by atoms with E-state index in [0.29, 0.717) is 23.7 Å². The second-order valence-corrected chi connectivity index (χ2v) is 7.56. The molecule has 1 unspecified atom stereocenters. The number of hydrogen-bond donors (Lipinski definition) is 2. The molecule has 0 bridgehead atoms. The van der Waals surface area contributed by atoms with E-state index in [1.54, 1.807) is 19.1 Å². The topological polar surface area (TPSA) is 106 Å². The van der Waals surface area contributed by atoms with E-state index >= 15 is 0 Å². The number of fused-ring (bicyclic) bond motifs is 1. The van der Waals surface area contributed by atoms with Crippen LogP contribution >= 0.6 is 0 Å². The summed E-state index contributed by atoms with van der Waals surface area (Å²) in [6.45, 7) is 2.37. The van der Waals surface area contributed by atoms with Gasteiger partial charge in [-0.2, -0.15) is 18.2 Å². The van der Waals surface area contributed by atoms with Crippen LogP contribution in [0.1, 0.15) is 40.8 Å². The number of aryl methyl sites for hydroxylation is 2. The second kappa shape index (κ2) is 8.32. The lowest BCUT2D eigenvalue weighted by atomic mass is 10.00. The number of anilines is 1. The van der Waals surface area contributed by atoms with Crippen LogP contribution in [-0.4, -0.2) is 42.3 Å². The lowest BCUT2D eigenvalue weighted by Crippen LogP contribution is -2.42. The highest BCUT2D eigenvalue weighted by Gasteiger charge is 2.49. The molecule has 1 aromatic carbocycles. The number of benzene rings is 1. The summed E-state index contributed by atoms with van der Waals surface area (Å²) < 4.78 is 76.3. The van der Waals surface area contributed by atoms with Crippen molar-refractivity contribution in [3.8, 4) is 11.4 Å². The van der Waals surface area contributed by atoms with E-state index in [0.717, 1.165) is 10.6 Å². The van der Waals surface area contributed by atoms with Crippen LogP contribution in [0.3, 0.4) is 0 Å². The molecule has 0 saturated heterocycles. The van der Waals surface area contributed by atoms with Crippen LogP contribution in [0, 0.1) is 6.92 Å².